The van der Waals surface area contributed by atoms with Crippen molar-refractivity contribution in [2.24, 2.45) is 21.7 Å². The molecule has 0 spiro atoms. The van der Waals surface area contributed by atoms with Crippen molar-refractivity contribution in [2.45, 2.75) is 87.6 Å². The monoisotopic (exact) mass is 447 g/mol. The molecule has 2 unspecified atom stereocenters. The van der Waals surface area contributed by atoms with Gasteiger partial charge < -0.3 is 10.2 Å². The zero-order valence-corrected chi connectivity index (χ0v) is 21.5. The number of carbonyl (C=O) groups is 2. The standard InChI is InChI=1S/C27H45NO4/c1-9-26(7,18-27(8,10-2)23(31)32)20-28(16-21-14-12-11-13-15-21)19-24(3,4)17-25(5,6)22(29)30/h11-15H,9-10,16-20H2,1-8H3,(H,29,30)(H,31,32). The van der Waals surface area contributed by atoms with Gasteiger partial charge in [0.2, 0.25) is 0 Å². The first kappa shape index (κ1) is 28.2. The molecular weight excluding hydrogens is 402 g/mol. The molecule has 0 aliphatic carbocycles. The molecule has 0 aromatic heterocycles. The van der Waals surface area contributed by atoms with Crippen molar-refractivity contribution < 1.29 is 19.8 Å². The van der Waals surface area contributed by atoms with Gasteiger partial charge in [0.15, 0.2) is 0 Å². The minimum Gasteiger partial charge on any atom is -0.481 e. The number of hydrogen-bond acceptors (Lipinski definition) is 3. The van der Waals surface area contributed by atoms with E-state index in [-0.39, 0.29) is 10.8 Å². The van der Waals surface area contributed by atoms with Crippen molar-refractivity contribution in [1.29, 1.82) is 0 Å². The van der Waals surface area contributed by atoms with Crippen LogP contribution in [0, 0.1) is 21.7 Å². The first-order valence-electron chi connectivity index (χ1n) is 11.8. The highest BCUT2D eigenvalue weighted by Gasteiger charge is 2.41. The molecule has 5 heteroatoms. The van der Waals surface area contributed by atoms with Crippen molar-refractivity contribution in [3.05, 3.63) is 35.9 Å². The predicted octanol–water partition coefficient (Wildman–Crippen LogP) is 6.32. The third-order valence-corrected chi connectivity index (χ3v) is 6.97. The SMILES string of the molecule is CCC(C)(CN(Cc1ccccc1)CC(C)(C)CC(C)(C)C(=O)O)CC(C)(CC)C(=O)O. The lowest BCUT2D eigenvalue weighted by atomic mass is 9.69. The van der Waals surface area contributed by atoms with E-state index in [0.29, 0.717) is 19.3 Å². The minimum atomic E-state index is -0.805. The Bertz CT molecular complexity index is 758. The van der Waals surface area contributed by atoms with E-state index in [0.717, 1.165) is 26.1 Å². The Balaban J connectivity index is 3.19. The number of carboxylic acids is 2. The van der Waals surface area contributed by atoms with Crippen LogP contribution in [0.3, 0.4) is 0 Å². The summed E-state index contributed by atoms with van der Waals surface area (Å²) in [5.41, 5.74) is -0.747. The predicted molar refractivity (Wildman–Crippen MR) is 131 cm³/mol. The minimum absolute atomic E-state index is 0.170. The molecule has 1 aromatic carbocycles. The molecule has 2 atom stereocenters. The second kappa shape index (κ2) is 10.8. The van der Waals surface area contributed by atoms with Crippen molar-refractivity contribution in [3.8, 4) is 0 Å². The van der Waals surface area contributed by atoms with Crippen molar-refractivity contribution >= 4 is 11.9 Å². The normalized spacial score (nSPS) is 16.4. The van der Waals surface area contributed by atoms with E-state index < -0.39 is 22.8 Å². The lowest BCUT2D eigenvalue weighted by Gasteiger charge is -2.43. The fourth-order valence-electron chi connectivity index (χ4n) is 5.07. The lowest BCUT2D eigenvalue weighted by Crippen LogP contribution is -2.45. The highest BCUT2D eigenvalue weighted by molar-refractivity contribution is 5.74. The van der Waals surface area contributed by atoms with Crippen LogP contribution in [0.4, 0.5) is 0 Å². The Morgan fingerprint density at radius 1 is 0.812 bits per heavy atom. The van der Waals surface area contributed by atoms with Crippen LogP contribution in [0.2, 0.25) is 0 Å². The fourth-order valence-corrected chi connectivity index (χ4v) is 5.07. The number of aliphatic carboxylic acids is 2. The Labute approximate surface area is 195 Å². The van der Waals surface area contributed by atoms with E-state index in [1.807, 2.05) is 32.0 Å². The summed E-state index contributed by atoms with van der Waals surface area (Å²) in [4.78, 5) is 26.1. The molecule has 2 N–H and O–H groups in total. The average molecular weight is 448 g/mol. The molecule has 0 amide bonds. The van der Waals surface area contributed by atoms with Gasteiger partial charge in [-0.1, -0.05) is 65.0 Å². The number of nitrogens with zero attached hydrogens (tertiary/aromatic N) is 1. The smallest absolute Gasteiger partial charge is 0.309 e. The maximum atomic E-state index is 12.0. The summed E-state index contributed by atoms with van der Waals surface area (Å²) in [6.45, 7) is 18.2. The van der Waals surface area contributed by atoms with Gasteiger partial charge in [-0.05, 0) is 62.8 Å². The van der Waals surface area contributed by atoms with Gasteiger partial charge in [0.25, 0.3) is 0 Å². The molecule has 0 heterocycles. The molecule has 0 aliphatic heterocycles. The van der Waals surface area contributed by atoms with Crippen LogP contribution in [-0.2, 0) is 16.1 Å². The van der Waals surface area contributed by atoms with Gasteiger partial charge in [-0.3, -0.25) is 14.5 Å². The summed E-state index contributed by atoms with van der Waals surface area (Å²) < 4.78 is 0. The zero-order valence-electron chi connectivity index (χ0n) is 21.5. The van der Waals surface area contributed by atoms with E-state index in [1.54, 1.807) is 13.8 Å². The number of carboxylic acid groups (broad SMARTS) is 2. The molecule has 0 saturated heterocycles. The third kappa shape index (κ3) is 8.23. The summed E-state index contributed by atoms with van der Waals surface area (Å²) >= 11 is 0. The Kier molecular flexibility index (Phi) is 9.52. The quantitative estimate of drug-likeness (QED) is 0.349. The van der Waals surface area contributed by atoms with E-state index in [2.05, 4.69) is 44.7 Å². The number of rotatable bonds is 14. The third-order valence-electron chi connectivity index (χ3n) is 6.97. The van der Waals surface area contributed by atoms with Crippen LogP contribution in [0.1, 0.15) is 86.6 Å². The zero-order chi connectivity index (χ0) is 24.8. The van der Waals surface area contributed by atoms with Gasteiger partial charge in [0, 0.05) is 19.6 Å². The van der Waals surface area contributed by atoms with Crippen LogP contribution in [0.5, 0.6) is 0 Å². The van der Waals surface area contributed by atoms with Crippen molar-refractivity contribution in [3.63, 3.8) is 0 Å². The van der Waals surface area contributed by atoms with Gasteiger partial charge in [-0.25, -0.2) is 0 Å². The highest BCUT2D eigenvalue weighted by atomic mass is 16.4. The molecule has 1 aromatic rings. The second-order valence-electron chi connectivity index (χ2n) is 11.7. The summed E-state index contributed by atoms with van der Waals surface area (Å²) in [6.07, 6.45) is 2.64. The molecule has 5 nitrogen and oxygen atoms in total. The Morgan fingerprint density at radius 3 is 1.81 bits per heavy atom. The first-order chi connectivity index (χ1) is 14.6. The van der Waals surface area contributed by atoms with Gasteiger partial charge in [-0.2, -0.15) is 0 Å². The molecule has 0 aliphatic rings. The highest BCUT2D eigenvalue weighted by Crippen LogP contribution is 2.41. The molecule has 0 fully saturated rings. The molecule has 32 heavy (non-hydrogen) atoms. The molecule has 1 rings (SSSR count). The van der Waals surface area contributed by atoms with E-state index >= 15 is 0 Å². The van der Waals surface area contributed by atoms with Gasteiger partial charge >= 0.3 is 11.9 Å². The van der Waals surface area contributed by atoms with E-state index in [1.165, 1.54) is 5.56 Å². The Hall–Kier alpha value is -1.88. The topological polar surface area (TPSA) is 77.8 Å². The first-order valence-corrected chi connectivity index (χ1v) is 11.8. The molecule has 182 valence electrons. The second-order valence-corrected chi connectivity index (χ2v) is 11.7. The Morgan fingerprint density at radius 2 is 1.38 bits per heavy atom. The summed E-state index contributed by atoms with van der Waals surface area (Å²) in [5, 5.41) is 19.5. The largest absolute Gasteiger partial charge is 0.481 e. The van der Waals surface area contributed by atoms with Gasteiger partial charge in [-0.15, -0.1) is 0 Å². The average Bonchev–Trinajstić information content (AvgIpc) is 2.67. The van der Waals surface area contributed by atoms with E-state index in [9.17, 15) is 19.8 Å². The lowest BCUT2D eigenvalue weighted by molar-refractivity contribution is -0.150. The molecule has 0 radical (unpaired) electrons. The van der Waals surface area contributed by atoms with Crippen molar-refractivity contribution in [2.75, 3.05) is 13.1 Å². The molecule has 0 bridgehead atoms. The maximum absolute atomic E-state index is 12.0. The fraction of sp³-hybridized carbons (Fsp3) is 0.704. The summed E-state index contributed by atoms with van der Waals surface area (Å²) in [5.74, 6) is -1.52. The van der Waals surface area contributed by atoms with Crippen LogP contribution < -0.4 is 0 Å². The van der Waals surface area contributed by atoms with E-state index in [4.69, 9.17) is 0 Å². The number of hydrogen-bond donors (Lipinski definition) is 2. The molecule has 0 saturated carbocycles. The summed E-state index contributed by atoms with van der Waals surface area (Å²) in [7, 11) is 0. The van der Waals surface area contributed by atoms with Crippen LogP contribution in [0.25, 0.3) is 0 Å². The van der Waals surface area contributed by atoms with Crippen LogP contribution in [-0.4, -0.2) is 40.1 Å². The van der Waals surface area contributed by atoms with Crippen LogP contribution >= 0.6 is 0 Å². The maximum Gasteiger partial charge on any atom is 0.309 e. The van der Waals surface area contributed by atoms with Gasteiger partial charge in [0.05, 0.1) is 10.8 Å². The summed E-state index contributed by atoms with van der Waals surface area (Å²) in [6, 6.07) is 10.3. The van der Waals surface area contributed by atoms with Crippen molar-refractivity contribution in [1.82, 2.24) is 4.90 Å². The van der Waals surface area contributed by atoms with Gasteiger partial charge in [0.1, 0.15) is 0 Å². The van der Waals surface area contributed by atoms with Crippen LogP contribution in [0.15, 0.2) is 30.3 Å². The number of benzene rings is 1. The molecular formula is C27H45NO4.